The summed E-state index contributed by atoms with van der Waals surface area (Å²) in [5, 5.41) is 0.385. The third kappa shape index (κ3) is 4.78. The van der Waals surface area contributed by atoms with Crippen molar-refractivity contribution in [1.29, 1.82) is 0 Å². The monoisotopic (exact) mass is 396 g/mol. The highest BCUT2D eigenvalue weighted by Crippen LogP contribution is 2.21. The average Bonchev–Trinajstić information content (AvgIpc) is 2.65. The van der Waals surface area contributed by atoms with Crippen LogP contribution in [0.3, 0.4) is 0 Å². The summed E-state index contributed by atoms with van der Waals surface area (Å²) in [6, 6.07) is 8.54. The highest BCUT2D eigenvalue weighted by atomic mass is 28.5. The molecule has 12 heteroatoms. The van der Waals surface area contributed by atoms with Gasteiger partial charge in [0.15, 0.2) is 0 Å². The summed E-state index contributed by atoms with van der Waals surface area (Å²) in [5.74, 6) is 0. The average molecular weight is 397 g/mol. The highest BCUT2D eigenvalue weighted by Gasteiger charge is 2.61. The SMILES string of the molecule is CO[Si](OC)(OC)O[Si](O)(O[Si](OC)(OC)OC)c1ccccc1. The van der Waals surface area contributed by atoms with E-state index in [0.29, 0.717) is 5.19 Å². The van der Waals surface area contributed by atoms with Crippen molar-refractivity contribution in [2.45, 2.75) is 0 Å². The predicted molar refractivity (Wildman–Crippen MR) is 89.8 cm³/mol. The van der Waals surface area contributed by atoms with Crippen LogP contribution in [0.4, 0.5) is 0 Å². The van der Waals surface area contributed by atoms with Gasteiger partial charge < -0.3 is 39.6 Å². The molecule has 1 aromatic rings. The van der Waals surface area contributed by atoms with E-state index in [4.69, 9.17) is 34.8 Å². The predicted octanol–water partition coefficient (Wildman–Crippen LogP) is -0.392. The molecule has 0 bridgehead atoms. The fourth-order valence-electron chi connectivity index (χ4n) is 1.88. The number of rotatable bonds is 11. The van der Waals surface area contributed by atoms with E-state index in [0.717, 1.165) is 0 Å². The lowest BCUT2D eigenvalue weighted by Gasteiger charge is -2.35. The highest BCUT2D eigenvalue weighted by molar-refractivity contribution is 6.85. The summed E-state index contributed by atoms with van der Waals surface area (Å²) >= 11 is 0. The molecular weight excluding hydrogens is 372 g/mol. The lowest BCUT2D eigenvalue weighted by Crippen LogP contribution is -2.69. The van der Waals surface area contributed by atoms with E-state index in [1.54, 1.807) is 30.3 Å². The third-order valence-electron chi connectivity index (χ3n) is 3.17. The standard InChI is InChI=1S/C12H24O9Si3/c1-14-23(15-2,16-3)20-22(13,12-10-8-7-9-11-12)21-24(17-4,18-5)19-6/h7-11,13H,1-6H3. The molecule has 0 atom stereocenters. The first-order valence-corrected chi connectivity index (χ1v) is 11.9. The Morgan fingerprint density at radius 3 is 1.25 bits per heavy atom. The van der Waals surface area contributed by atoms with E-state index in [1.165, 1.54) is 42.7 Å². The maximum Gasteiger partial charge on any atom is 0.671 e. The maximum atomic E-state index is 11.2. The van der Waals surface area contributed by atoms with Gasteiger partial charge >= 0.3 is 26.9 Å². The van der Waals surface area contributed by atoms with Crippen molar-refractivity contribution in [2.75, 3.05) is 42.7 Å². The zero-order chi connectivity index (χ0) is 18.3. The van der Waals surface area contributed by atoms with E-state index >= 15 is 0 Å². The Morgan fingerprint density at radius 2 is 0.958 bits per heavy atom. The Bertz CT molecular complexity index is 443. The second-order valence-corrected chi connectivity index (χ2v) is 12.2. The molecular formula is C12H24O9Si3. The molecule has 138 valence electrons. The molecule has 1 aromatic carbocycles. The van der Waals surface area contributed by atoms with Crippen LogP contribution >= 0.6 is 0 Å². The van der Waals surface area contributed by atoms with Crippen molar-refractivity contribution in [2.24, 2.45) is 0 Å². The van der Waals surface area contributed by atoms with Crippen molar-refractivity contribution in [3.63, 3.8) is 0 Å². The molecule has 0 aromatic heterocycles. The summed E-state index contributed by atoms with van der Waals surface area (Å²) in [6.07, 6.45) is 0. The second-order valence-electron chi connectivity index (χ2n) is 4.38. The molecule has 0 aliphatic carbocycles. The first kappa shape index (κ1) is 21.6. The molecule has 0 aliphatic rings. The van der Waals surface area contributed by atoms with Gasteiger partial charge in [-0.2, -0.15) is 0 Å². The summed E-state index contributed by atoms with van der Waals surface area (Å²) in [6.45, 7) is 0. The minimum atomic E-state index is -4.15. The van der Waals surface area contributed by atoms with E-state index in [2.05, 4.69) is 0 Å². The van der Waals surface area contributed by atoms with Crippen LogP contribution in [-0.4, -0.2) is 74.4 Å². The van der Waals surface area contributed by atoms with Crippen LogP contribution in [-0.2, 0) is 34.8 Å². The van der Waals surface area contributed by atoms with Gasteiger partial charge in [-0.15, -0.1) is 0 Å². The Morgan fingerprint density at radius 1 is 0.625 bits per heavy atom. The van der Waals surface area contributed by atoms with Gasteiger partial charge in [0, 0.05) is 47.8 Å². The quantitative estimate of drug-likeness (QED) is 0.502. The fourth-order valence-corrected chi connectivity index (χ4v) is 9.69. The van der Waals surface area contributed by atoms with E-state index < -0.39 is 26.9 Å². The molecule has 0 heterocycles. The van der Waals surface area contributed by atoms with E-state index in [9.17, 15) is 4.80 Å². The smallest absolute Gasteiger partial charge is 0.387 e. The van der Waals surface area contributed by atoms with Crippen molar-refractivity contribution in [1.82, 2.24) is 0 Å². The Kier molecular flexibility index (Phi) is 8.33. The van der Waals surface area contributed by atoms with Crippen molar-refractivity contribution in [3.05, 3.63) is 30.3 Å². The third-order valence-corrected chi connectivity index (χ3v) is 11.4. The maximum absolute atomic E-state index is 11.2. The normalized spacial score (nSPS) is 13.3. The first-order valence-electron chi connectivity index (χ1n) is 6.88. The molecule has 1 N–H and O–H groups in total. The molecule has 0 amide bonds. The Labute approximate surface area is 145 Å². The lowest BCUT2D eigenvalue weighted by molar-refractivity contribution is 0.000468. The minimum absolute atomic E-state index is 0.385. The number of hydrogen-bond acceptors (Lipinski definition) is 9. The molecule has 0 fully saturated rings. The summed E-state index contributed by atoms with van der Waals surface area (Å²) in [7, 11) is -3.29. The van der Waals surface area contributed by atoms with Gasteiger partial charge in [0.05, 0.1) is 0 Å². The minimum Gasteiger partial charge on any atom is -0.387 e. The molecule has 0 saturated heterocycles. The van der Waals surface area contributed by atoms with Gasteiger partial charge in [-0.3, -0.25) is 0 Å². The second kappa shape index (κ2) is 9.28. The van der Waals surface area contributed by atoms with Crippen LogP contribution < -0.4 is 5.19 Å². The molecule has 24 heavy (non-hydrogen) atoms. The topological polar surface area (TPSA) is 94.1 Å². The molecule has 0 spiro atoms. The summed E-state index contributed by atoms with van der Waals surface area (Å²) in [5.41, 5.74) is 0. The van der Waals surface area contributed by atoms with Crippen molar-refractivity contribution in [3.8, 4) is 0 Å². The van der Waals surface area contributed by atoms with Crippen LogP contribution in [0, 0.1) is 0 Å². The summed E-state index contributed by atoms with van der Waals surface area (Å²) in [4.78, 5) is 11.2. The van der Waals surface area contributed by atoms with Gasteiger partial charge in [-0.25, -0.2) is 0 Å². The molecule has 0 radical (unpaired) electrons. The van der Waals surface area contributed by atoms with E-state index in [1.807, 2.05) is 0 Å². The van der Waals surface area contributed by atoms with Crippen LogP contribution in [0.2, 0.25) is 0 Å². The summed E-state index contributed by atoms with van der Waals surface area (Å²) < 4.78 is 42.9. The van der Waals surface area contributed by atoms with Crippen molar-refractivity contribution >= 4 is 32.1 Å². The lowest BCUT2D eigenvalue weighted by atomic mass is 10.4. The molecule has 0 aliphatic heterocycles. The van der Waals surface area contributed by atoms with Crippen LogP contribution in [0.15, 0.2) is 30.3 Å². The number of benzene rings is 1. The Balaban J connectivity index is 3.32. The zero-order valence-electron chi connectivity index (χ0n) is 14.6. The zero-order valence-corrected chi connectivity index (χ0v) is 17.6. The fraction of sp³-hybridized carbons (Fsp3) is 0.500. The van der Waals surface area contributed by atoms with Crippen LogP contribution in [0.1, 0.15) is 0 Å². The Hall–Kier alpha value is -0.489. The van der Waals surface area contributed by atoms with Gasteiger partial charge in [-0.1, -0.05) is 30.3 Å². The van der Waals surface area contributed by atoms with Crippen molar-refractivity contribution < 1.29 is 39.6 Å². The first-order chi connectivity index (χ1) is 11.4. The van der Waals surface area contributed by atoms with E-state index in [-0.39, 0.29) is 0 Å². The number of hydrogen-bond donors (Lipinski definition) is 1. The molecule has 0 unspecified atom stereocenters. The van der Waals surface area contributed by atoms with Gasteiger partial charge in [0.1, 0.15) is 0 Å². The molecule has 1 rings (SSSR count). The molecule has 0 saturated carbocycles. The van der Waals surface area contributed by atoms with Crippen LogP contribution in [0.25, 0.3) is 0 Å². The molecule has 9 nitrogen and oxygen atoms in total. The van der Waals surface area contributed by atoms with Crippen LogP contribution in [0.5, 0.6) is 0 Å². The van der Waals surface area contributed by atoms with Gasteiger partial charge in [0.25, 0.3) is 0 Å². The van der Waals surface area contributed by atoms with Gasteiger partial charge in [0.2, 0.25) is 0 Å². The largest absolute Gasteiger partial charge is 0.671 e. The van der Waals surface area contributed by atoms with Gasteiger partial charge in [-0.05, 0) is 0 Å².